The highest BCUT2D eigenvalue weighted by molar-refractivity contribution is 5.89. The van der Waals surface area contributed by atoms with Gasteiger partial charge in [0, 0.05) is 37.6 Å². The van der Waals surface area contributed by atoms with Crippen LogP contribution in [0.2, 0.25) is 0 Å². The summed E-state index contributed by atoms with van der Waals surface area (Å²) in [5, 5.41) is 2.93. The molecule has 6 heteroatoms. The Bertz CT molecular complexity index is 938. The number of hydrogen-bond donors (Lipinski definition) is 1. The fraction of sp³-hybridized carbons (Fsp3) is 0.174. The molecule has 1 saturated heterocycles. The Morgan fingerprint density at radius 3 is 2.07 bits per heavy atom. The Morgan fingerprint density at radius 2 is 1.41 bits per heavy atom. The number of amides is 2. The van der Waals surface area contributed by atoms with E-state index in [0.29, 0.717) is 31.9 Å². The van der Waals surface area contributed by atoms with E-state index in [-0.39, 0.29) is 11.8 Å². The number of anilines is 2. The third-order valence-electron chi connectivity index (χ3n) is 4.84. The largest absolute Gasteiger partial charge is 0.457 e. The minimum Gasteiger partial charge on any atom is -0.457 e. The number of benzene rings is 3. The number of nitrogens with zero attached hydrogens (tertiary/aromatic N) is 2. The lowest BCUT2D eigenvalue weighted by Crippen LogP contribution is -2.50. The van der Waals surface area contributed by atoms with Crippen LogP contribution < -0.4 is 15.0 Å². The van der Waals surface area contributed by atoms with E-state index in [4.69, 9.17) is 4.74 Å². The molecular weight excluding hydrogens is 369 g/mol. The average Bonchev–Trinajstić information content (AvgIpc) is 2.76. The monoisotopic (exact) mass is 391 g/mol. The summed E-state index contributed by atoms with van der Waals surface area (Å²) in [5.74, 6) is 1.23. The first kappa shape index (κ1) is 18.8. The molecule has 1 heterocycles. The van der Waals surface area contributed by atoms with E-state index in [2.05, 4.69) is 10.2 Å². The molecule has 0 radical (unpaired) electrons. The molecule has 1 aliphatic heterocycles. The van der Waals surface area contributed by atoms with Crippen LogP contribution in [0.5, 0.6) is 11.5 Å². The number of rotatable bonds is 4. The number of hydrogen-bond acceptors (Lipinski definition) is 3. The number of piperazine rings is 1. The zero-order valence-corrected chi connectivity index (χ0v) is 15.9. The maximum Gasteiger partial charge on any atom is 0.321 e. The van der Waals surface area contributed by atoms with Crippen LogP contribution in [0.15, 0.2) is 78.9 Å². The average molecular weight is 391 g/mol. The Labute approximate surface area is 169 Å². The Hall–Kier alpha value is -3.54. The molecule has 0 aromatic heterocycles. The second-order valence-electron chi connectivity index (χ2n) is 6.82. The number of urea groups is 1. The second-order valence-corrected chi connectivity index (χ2v) is 6.82. The molecule has 0 bridgehead atoms. The molecular formula is C23H22FN3O2. The molecule has 29 heavy (non-hydrogen) atoms. The van der Waals surface area contributed by atoms with Gasteiger partial charge in [-0.25, -0.2) is 9.18 Å². The van der Waals surface area contributed by atoms with Gasteiger partial charge in [0.25, 0.3) is 0 Å². The van der Waals surface area contributed by atoms with Crippen LogP contribution in [-0.2, 0) is 0 Å². The van der Waals surface area contributed by atoms with Crippen molar-refractivity contribution < 1.29 is 13.9 Å². The molecule has 5 nitrogen and oxygen atoms in total. The Kier molecular flexibility index (Phi) is 5.61. The Morgan fingerprint density at radius 1 is 0.793 bits per heavy atom. The van der Waals surface area contributed by atoms with E-state index < -0.39 is 0 Å². The van der Waals surface area contributed by atoms with Gasteiger partial charge in [-0.05, 0) is 60.7 Å². The van der Waals surface area contributed by atoms with Gasteiger partial charge in [0.1, 0.15) is 17.3 Å². The molecule has 2 amide bonds. The van der Waals surface area contributed by atoms with Crippen molar-refractivity contribution in [1.82, 2.24) is 4.90 Å². The zero-order chi connectivity index (χ0) is 20.1. The van der Waals surface area contributed by atoms with Gasteiger partial charge in [-0.2, -0.15) is 0 Å². The maximum atomic E-state index is 13.1. The van der Waals surface area contributed by atoms with Crippen LogP contribution in [0.3, 0.4) is 0 Å². The van der Waals surface area contributed by atoms with E-state index in [9.17, 15) is 9.18 Å². The molecule has 3 aromatic carbocycles. The molecule has 1 aliphatic rings. The van der Waals surface area contributed by atoms with Crippen LogP contribution in [-0.4, -0.2) is 37.1 Å². The first-order chi connectivity index (χ1) is 14.2. The van der Waals surface area contributed by atoms with Crippen molar-refractivity contribution in [2.75, 3.05) is 36.4 Å². The van der Waals surface area contributed by atoms with Gasteiger partial charge < -0.3 is 19.9 Å². The SMILES string of the molecule is O=C(Nc1ccc(Oc2ccccc2)cc1)N1CCN(c2ccc(F)cc2)CC1. The van der Waals surface area contributed by atoms with Gasteiger partial charge >= 0.3 is 6.03 Å². The van der Waals surface area contributed by atoms with Crippen LogP contribution >= 0.6 is 0 Å². The highest BCUT2D eigenvalue weighted by atomic mass is 19.1. The third kappa shape index (κ3) is 4.85. The second kappa shape index (κ2) is 8.65. The fourth-order valence-electron chi connectivity index (χ4n) is 3.25. The van der Waals surface area contributed by atoms with E-state index >= 15 is 0 Å². The number of para-hydroxylation sites is 1. The smallest absolute Gasteiger partial charge is 0.321 e. The fourth-order valence-corrected chi connectivity index (χ4v) is 3.25. The van der Waals surface area contributed by atoms with Gasteiger partial charge in [0.15, 0.2) is 0 Å². The predicted molar refractivity (Wildman–Crippen MR) is 112 cm³/mol. The molecule has 1 N–H and O–H groups in total. The molecule has 1 fully saturated rings. The van der Waals surface area contributed by atoms with Crippen molar-refractivity contribution in [3.63, 3.8) is 0 Å². The number of halogens is 1. The number of carbonyl (C=O) groups is 1. The summed E-state index contributed by atoms with van der Waals surface area (Å²) in [7, 11) is 0. The lowest BCUT2D eigenvalue weighted by atomic mass is 10.2. The van der Waals surface area contributed by atoms with Crippen molar-refractivity contribution in [1.29, 1.82) is 0 Å². The number of nitrogens with one attached hydrogen (secondary N) is 1. The quantitative estimate of drug-likeness (QED) is 0.683. The summed E-state index contributed by atoms with van der Waals surface area (Å²) in [5.41, 5.74) is 1.69. The van der Waals surface area contributed by atoms with Crippen LogP contribution in [0.1, 0.15) is 0 Å². The summed E-state index contributed by atoms with van der Waals surface area (Å²) in [4.78, 5) is 16.5. The summed E-state index contributed by atoms with van der Waals surface area (Å²) in [6.45, 7) is 2.64. The molecule has 148 valence electrons. The first-order valence-electron chi connectivity index (χ1n) is 9.57. The van der Waals surface area contributed by atoms with E-state index in [1.165, 1.54) is 12.1 Å². The van der Waals surface area contributed by atoms with Gasteiger partial charge in [0.2, 0.25) is 0 Å². The molecule has 3 aromatic rings. The van der Waals surface area contributed by atoms with Gasteiger partial charge in [-0.15, -0.1) is 0 Å². The minimum absolute atomic E-state index is 0.125. The third-order valence-corrected chi connectivity index (χ3v) is 4.84. The lowest BCUT2D eigenvalue weighted by molar-refractivity contribution is 0.208. The van der Waals surface area contributed by atoms with Crippen LogP contribution in [0.4, 0.5) is 20.6 Å². The molecule has 4 rings (SSSR count). The molecule has 0 unspecified atom stereocenters. The molecule has 0 atom stereocenters. The van der Waals surface area contributed by atoms with Gasteiger partial charge in [-0.1, -0.05) is 18.2 Å². The summed E-state index contributed by atoms with van der Waals surface area (Å²) >= 11 is 0. The number of ether oxygens (including phenoxy) is 1. The standard InChI is InChI=1S/C23H22FN3O2/c24-18-6-10-20(11-7-18)26-14-16-27(17-15-26)23(28)25-19-8-12-22(13-9-19)29-21-4-2-1-3-5-21/h1-13H,14-17H2,(H,25,28). The lowest BCUT2D eigenvalue weighted by Gasteiger charge is -2.36. The summed E-state index contributed by atoms with van der Waals surface area (Å²) in [6, 6.07) is 23.2. The van der Waals surface area contributed by atoms with Crippen molar-refractivity contribution in [3.8, 4) is 11.5 Å². The predicted octanol–water partition coefficient (Wildman–Crippen LogP) is 4.97. The molecule has 0 saturated carbocycles. The zero-order valence-electron chi connectivity index (χ0n) is 15.9. The summed E-state index contributed by atoms with van der Waals surface area (Å²) < 4.78 is 18.8. The van der Waals surface area contributed by atoms with E-state index in [1.807, 2.05) is 54.6 Å². The van der Waals surface area contributed by atoms with Gasteiger partial charge in [-0.3, -0.25) is 0 Å². The minimum atomic E-state index is -0.244. The topological polar surface area (TPSA) is 44.8 Å². The maximum absolute atomic E-state index is 13.1. The van der Waals surface area contributed by atoms with Crippen molar-refractivity contribution >= 4 is 17.4 Å². The molecule has 0 aliphatic carbocycles. The normalized spacial score (nSPS) is 13.8. The van der Waals surface area contributed by atoms with Crippen molar-refractivity contribution in [3.05, 3.63) is 84.7 Å². The van der Waals surface area contributed by atoms with Crippen molar-refractivity contribution in [2.24, 2.45) is 0 Å². The highest BCUT2D eigenvalue weighted by Crippen LogP contribution is 2.23. The molecule has 0 spiro atoms. The van der Waals surface area contributed by atoms with Crippen LogP contribution in [0, 0.1) is 5.82 Å². The van der Waals surface area contributed by atoms with E-state index in [0.717, 1.165) is 17.1 Å². The first-order valence-corrected chi connectivity index (χ1v) is 9.57. The number of carbonyl (C=O) groups excluding carboxylic acids is 1. The van der Waals surface area contributed by atoms with Crippen LogP contribution in [0.25, 0.3) is 0 Å². The highest BCUT2D eigenvalue weighted by Gasteiger charge is 2.21. The van der Waals surface area contributed by atoms with E-state index in [1.54, 1.807) is 17.0 Å². The Balaban J connectivity index is 1.29. The van der Waals surface area contributed by atoms with Crippen molar-refractivity contribution in [2.45, 2.75) is 0 Å². The summed E-state index contributed by atoms with van der Waals surface area (Å²) in [6.07, 6.45) is 0. The van der Waals surface area contributed by atoms with Gasteiger partial charge in [0.05, 0.1) is 0 Å².